The minimum Gasteiger partial charge on any atom is -0.444 e. The van der Waals surface area contributed by atoms with Crippen molar-refractivity contribution in [1.29, 1.82) is 10.5 Å². The van der Waals surface area contributed by atoms with Crippen molar-refractivity contribution in [2.75, 3.05) is 0 Å². The number of carbonyl (C=O) groups is 2. The minimum atomic E-state index is -0.555. The largest absolute Gasteiger partial charge is 0.444 e. The van der Waals surface area contributed by atoms with Gasteiger partial charge in [-0.3, -0.25) is 9.59 Å². The first kappa shape index (κ1) is 35.3. The van der Waals surface area contributed by atoms with Gasteiger partial charge in [0, 0.05) is 46.9 Å². The van der Waals surface area contributed by atoms with Gasteiger partial charge in [0.2, 0.25) is 11.8 Å². The van der Waals surface area contributed by atoms with Crippen LogP contribution in [0.15, 0.2) is 94.1 Å². The number of nitriles is 2. The molecule has 0 saturated heterocycles. The lowest BCUT2D eigenvalue weighted by Gasteiger charge is -2.37. The third-order valence-electron chi connectivity index (χ3n) is 8.58. The van der Waals surface area contributed by atoms with Crippen LogP contribution < -0.4 is 11.5 Å². The number of halogens is 2. The van der Waals surface area contributed by atoms with Crippen LogP contribution in [0.25, 0.3) is 0 Å². The van der Waals surface area contributed by atoms with Gasteiger partial charge in [-0.15, -0.1) is 0 Å². The number of nitrogens with two attached hydrogens (primary N) is 2. The van der Waals surface area contributed by atoms with Gasteiger partial charge in [-0.1, -0.05) is 87.3 Å². The Hall–Kier alpha value is -4.54. The molecule has 0 saturated carbocycles. The summed E-state index contributed by atoms with van der Waals surface area (Å²) in [6.45, 7) is 8.06. The molecule has 4 aliphatic rings. The zero-order chi connectivity index (χ0) is 33.6. The molecule has 47 heavy (non-hydrogen) atoms. The van der Waals surface area contributed by atoms with Gasteiger partial charge in [0.15, 0.2) is 11.6 Å². The molecule has 0 bridgehead atoms. The number of nitrogens with zero attached hydrogens (tertiary/aromatic N) is 2. The number of rotatable bonds is 2. The minimum absolute atomic E-state index is 0. The molecule has 0 unspecified atom stereocenters. The van der Waals surface area contributed by atoms with Crippen LogP contribution in [0.5, 0.6) is 0 Å². The third-order valence-corrected chi connectivity index (χ3v) is 9.27. The summed E-state index contributed by atoms with van der Waals surface area (Å²) in [6, 6.07) is 18.6. The number of allylic oxidation sites excluding steroid dienone is 6. The Bertz CT molecular complexity index is 1740. The average Bonchev–Trinajstić information content (AvgIpc) is 2.95. The van der Waals surface area contributed by atoms with E-state index in [9.17, 15) is 20.1 Å². The fourth-order valence-electron chi connectivity index (χ4n) is 6.61. The highest BCUT2D eigenvalue weighted by Gasteiger charge is 2.44. The maximum absolute atomic E-state index is 12.8. The molecule has 0 radical (unpaired) electrons. The Balaban J connectivity index is 0.000000208. The Morgan fingerprint density at radius 2 is 1.02 bits per heavy atom. The van der Waals surface area contributed by atoms with Crippen molar-refractivity contribution in [3.8, 4) is 12.1 Å². The first-order valence-corrected chi connectivity index (χ1v) is 15.6. The molecule has 0 amide bonds. The lowest BCUT2D eigenvalue weighted by molar-refractivity contribution is -0.119. The van der Waals surface area contributed by atoms with Crippen molar-refractivity contribution in [2.45, 2.75) is 65.2 Å². The first-order valence-electron chi connectivity index (χ1n) is 14.8. The molecule has 2 heterocycles. The fraction of sp³-hybridized carbons (Fsp3) is 0.333. The molecule has 244 valence electrons. The highest BCUT2D eigenvalue weighted by atomic mass is 35.5. The third kappa shape index (κ3) is 6.80. The summed E-state index contributed by atoms with van der Waals surface area (Å²) < 4.78 is 11.3. The van der Waals surface area contributed by atoms with Crippen LogP contribution in [-0.2, 0) is 19.1 Å². The molecular formula is C36H36Cl2N4O5. The van der Waals surface area contributed by atoms with E-state index in [1.54, 1.807) is 12.1 Å². The van der Waals surface area contributed by atoms with E-state index in [0.717, 1.165) is 0 Å². The maximum atomic E-state index is 12.8. The van der Waals surface area contributed by atoms with Gasteiger partial charge in [0.1, 0.15) is 34.8 Å². The van der Waals surface area contributed by atoms with Crippen molar-refractivity contribution >= 4 is 34.8 Å². The van der Waals surface area contributed by atoms with E-state index in [0.29, 0.717) is 69.5 Å². The number of Topliss-reactive ketones (excluding diaryl/α,β-unsaturated/α-hetero) is 2. The molecule has 6 N–H and O–H groups in total. The first-order chi connectivity index (χ1) is 21.7. The zero-order valence-corrected chi connectivity index (χ0v) is 28.1. The van der Waals surface area contributed by atoms with Gasteiger partial charge in [-0.05, 0) is 34.1 Å². The monoisotopic (exact) mass is 674 g/mol. The van der Waals surface area contributed by atoms with E-state index in [2.05, 4.69) is 12.1 Å². The van der Waals surface area contributed by atoms with Gasteiger partial charge in [0.25, 0.3) is 0 Å². The van der Waals surface area contributed by atoms with E-state index in [-0.39, 0.29) is 50.8 Å². The summed E-state index contributed by atoms with van der Waals surface area (Å²) in [5.74, 6) is 0.105. The normalized spacial score (nSPS) is 22.7. The maximum Gasteiger partial charge on any atom is 0.205 e. The van der Waals surface area contributed by atoms with Crippen LogP contribution in [0.1, 0.15) is 76.3 Å². The predicted octanol–water partition coefficient (Wildman–Crippen LogP) is 6.76. The lowest BCUT2D eigenvalue weighted by atomic mass is 9.70. The van der Waals surface area contributed by atoms with Gasteiger partial charge in [0.05, 0.1) is 11.8 Å². The SMILES string of the molecule is CC1(C)CC(=O)C2=C(C1)OC(N)=C(C#N)[C@H]2c1ccccc1Cl.CC1(C)CC(=O)C2=C(C1)OC(N)=C(C#N)[C@H]2c1ccccc1Cl.O. The van der Waals surface area contributed by atoms with Crippen LogP contribution in [0.4, 0.5) is 0 Å². The summed E-state index contributed by atoms with van der Waals surface area (Å²) in [4.78, 5) is 25.5. The van der Waals surface area contributed by atoms with E-state index in [1.807, 2.05) is 64.1 Å². The second-order valence-corrected chi connectivity index (χ2v) is 14.3. The number of benzene rings is 2. The van der Waals surface area contributed by atoms with Crippen LogP contribution >= 0.6 is 23.2 Å². The zero-order valence-electron chi connectivity index (χ0n) is 26.5. The molecule has 9 nitrogen and oxygen atoms in total. The lowest BCUT2D eigenvalue weighted by Crippen LogP contribution is -2.33. The summed E-state index contributed by atoms with van der Waals surface area (Å²) >= 11 is 12.6. The average molecular weight is 676 g/mol. The topological polar surface area (TPSA) is 184 Å². The van der Waals surface area contributed by atoms with Gasteiger partial charge in [-0.25, -0.2) is 0 Å². The molecule has 2 aliphatic heterocycles. The van der Waals surface area contributed by atoms with Crippen molar-refractivity contribution in [1.82, 2.24) is 0 Å². The summed E-state index contributed by atoms with van der Waals surface area (Å²) in [5, 5.41) is 20.0. The number of hydrogen-bond acceptors (Lipinski definition) is 8. The Labute approximate surface area is 284 Å². The van der Waals surface area contributed by atoms with Crippen molar-refractivity contribution in [2.24, 2.45) is 22.3 Å². The molecule has 0 aromatic heterocycles. The standard InChI is InChI=1S/2C18H17ClN2O2.H2O/c2*1-18(2)7-13(22)16-14(8-18)23-17(21)11(9-20)15(16)10-5-3-4-6-12(10)19;/h2*3-6,15H,7-8,21H2,1-2H3;1H2/t2*15-;/m11./s1. The molecule has 2 aliphatic carbocycles. The molecular weight excluding hydrogens is 639 g/mol. The van der Waals surface area contributed by atoms with Crippen LogP contribution in [0.3, 0.4) is 0 Å². The molecule has 2 atom stereocenters. The number of ketones is 2. The number of ether oxygens (including phenoxy) is 2. The molecule has 0 spiro atoms. The fourth-order valence-corrected chi connectivity index (χ4v) is 7.10. The molecule has 2 aromatic carbocycles. The Kier molecular flexibility index (Phi) is 9.99. The number of hydrogen-bond donors (Lipinski definition) is 2. The molecule has 2 aromatic rings. The molecule has 11 heteroatoms. The number of carbonyl (C=O) groups excluding carboxylic acids is 2. The summed E-state index contributed by atoms with van der Waals surface area (Å²) in [5.41, 5.74) is 14.5. The van der Waals surface area contributed by atoms with Crippen LogP contribution in [-0.4, -0.2) is 17.0 Å². The van der Waals surface area contributed by atoms with Gasteiger partial charge >= 0.3 is 0 Å². The van der Waals surface area contributed by atoms with E-state index >= 15 is 0 Å². The Morgan fingerprint density at radius 1 is 0.681 bits per heavy atom. The Morgan fingerprint density at radius 3 is 1.34 bits per heavy atom. The predicted molar refractivity (Wildman–Crippen MR) is 178 cm³/mol. The van der Waals surface area contributed by atoms with Gasteiger partial charge in [-0.2, -0.15) is 10.5 Å². The quantitative estimate of drug-likeness (QED) is 0.350. The van der Waals surface area contributed by atoms with Gasteiger partial charge < -0.3 is 26.4 Å². The molecule has 0 fully saturated rings. The second kappa shape index (κ2) is 13.3. The van der Waals surface area contributed by atoms with Crippen LogP contribution in [0, 0.1) is 33.5 Å². The highest BCUT2D eigenvalue weighted by Crippen LogP contribution is 2.50. The van der Waals surface area contributed by atoms with Crippen molar-refractivity contribution < 1.29 is 24.5 Å². The van der Waals surface area contributed by atoms with E-state index in [1.165, 1.54) is 0 Å². The summed E-state index contributed by atoms with van der Waals surface area (Å²) in [7, 11) is 0. The smallest absolute Gasteiger partial charge is 0.205 e. The second-order valence-electron chi connectivity index (χ2n) is 13.4. The summed E-state index contributed by atoms with van der Waals surface area (Å²) in [6.07, 6.45) is 2.03. The van der Waals surface area contributed by atoms with E-state index in [4.69, 9.17) is 44.1 Å². The highest BCUT2D eigenvalue weighted by molar-refractivity contribution is 6.32. The molecule has 6 rings (SSSR count). The van der Waals surface area contributed by atoms with Crippen molar-refractivity contribution in [3.63, 3.8) is 0 Å². The van der Waals surface area contributed by atoms with Crippen LogP contribution in [0.2, 0.25) is 10.0 Å². The van der Waals surface area contributed by atoms with E-state index < -0.39 is 11.8 Å². The van der Waals surface area contributed by atoms with Crippen molar-refractivity contribution in [3.05, 3.63) is 115 Å².